The van der Waals surface area contributed by atoms with Crippen LogP contribution in [0.15, 0.2) is 48.5 Å². The highest BCUT2D eigenvalue weighted by molar-refractivity contribution is 5.99. The molecule has 2 aromatic carbocycles. The first-order valence-electron chi connectivity index (χ1n) is 12.1. The minimum absolute atomic E-state index is 0.00306. The Bertz CT molecular complexity index is 876. The topological polar surface area (TPSA) is 41.6 Å². The predicted octanol–water partition coefficient (Wildman–Crippen LogP) is 5.78. The van der Waals surface area contributed by atoms with Crippen LogP contribution in [0.5, 0.6) is 5.75 Å². The van der Waals surface area contributed by atoms with Crippen molar-refractivity contribution in [3.8, 4) is 5.75 Å². The predicted molar refractivity (Wildman–Crippen MR) is 127 cm³/mol. The average Bonchev–Trinajstić information content (AvgIpc) is 2.81. The minimum Gasteiger partial charge on any atom is -0.492 e. The van der Waals surface area contributed by atoms with Crippen LogP contribution in [0, 0.1) is 11.7 Å². The Morgan fingerprint density at radius 3 is 2.47 bits per heavy atom. The summed E-state index contributed by atoms with van der Waals surface area (Å²) in [4.78, 5) is 15.9. The number of amides is 1. The number of carbonyl (C=O) groups excluding carboxylic acids is 1. The molecule has 1 amide bonds. The molecule has 2 fully saturated rings. The summed E-state index contributed by atoms with van der Waals surface area (Å²) in [5.41, 5.74) is 1.08. The summed E-state index contributed by atoms with van der Waals surface area (Å²) in [5, 5.41) is 3.11. The van der Waals surface area contributed by atoms with Crippen LogP contribution in [0.4, 0.5) is 10.1 Å². The van der Waals surface area contributed by atoms with Gasteiger partial charge in [0.2, 0.25) is 5.91 Å². The summed E-state index contributed by atoms with van der Waals surface area (Å²) in [6, 6.07) is 14.1. The maximum Gasteiger partial charge on any atom is 0.235 e. The number of hydrogen-bond donors (Lipinski definition) is 1. The first kappa shape index (κ1) is 22.8. The van der Waals surface area contributed by atoms with Crippen molar-refractivity contribution in [3.05, 3.63) is 59.9 Å². The van der Waals surface area contributed by atoms with E-state index in [1.165, 1.54) is 25.0 Å². The molecule has 172 valence electrons. The molecule has 0 radical (unpaired) electrons. The van der Waals surface area contributed by atoms with Crippen molar-refractivity contribution in [1.82, 2.24) is 4.90 Å². The smallest absolute Gasteiger partial charge is 0.235 e. The molecule has 1 unspecified atom stereocenters. The van der Waals surface area contributed by atoms with Crippen molar-refractivity contribution < 1.29 is 13.9 Å². The van der Waals surface area contributed by atoms with E-state index in [9.17, 15) is 9.18 Å². The number of ether oxygens (including phenoxy) is 1. The lowest BCUT2D eigenvalue weighted by Crippen LogP contribution is -2.42. The zero-order valence-electron chi connectivity index (χ0n) is 19.1. The third-order valence-electron chi connectivity index (χ3n) is 7.07. The van der Waals surface area contributed by atoms with Crippen LogP contribution in [0.3, 0.4) is 0 Å². The molecule has 4 rings (SSSR count). The number of nitrogens with one attached hydrogen (secondary N) is 1. The number of hydrogen-bond acceptors (Lipinski definition) is 3. The normalized spacial score (nSPS) is 21.1. The van der Waals surface area contributed by atoms with Gasteiger partial charge in [0.15, 0.2) is 0 Å². The highest BCUT2D eigenvalue weighted by Gasteiger charge is 2.41. The van der Waals surface area contributed by atoms with Gasteiger partial charge in [-0.05, 0) is 80.1 Å². The fourth-order valence-corrected chi connectivity index (χ4v) is 5.24. The average molecular weight is 439 g/mol. The van der Waals surface area contributed by atoms with Crippen LogP contribution >= 0.6 is 0 Å². The van der Waals surface area contributed by atoms with Gasteiger partial charge in [-0.2, -0.15) is 0 Å². The molecule has 1 atom stereocenters. The van der Waals surface area contributed by atoms with Gasteiger partial charge in [0.1, 0.15) is 18.2 Å². The zero-order chi connectivity index (χ0) is 22.4. The van der Waals surface area contributed by atoms with Gasteiger partial charge < -0.3 is 10.1 Å². The minimum atomic E-state index is -0.591. The molecule has 0 aromatic heterocycles. The van der Waals surface area contributed by atoms with Crippen LogP contribution in [-0.2, 0) is 10.2 Å². The van der Waals surface area contributed by atoms with Gasteiger partial charge in [-0.3, -0.25) is 9.69 Å². The Labute approximate surface area is 191 Å². The lowest BCUT2D eigenvalue weighted by atomic mass is 9.68. The SMILES string of the molecule is CC1CCCN(CCOc2ccc(NC(=O)C3(c4ccc(F)cc4)CCCCC3)cc2)C1. The number of rotatable bonds is 7. The summed E-state index contributed by atoms with van der Waals surface area (Å²) < 4.78 is 19.4. The van der Waals surface area contributed by atoms with Crippen molar-refractivity contribution >= 4 is 11.6 Å². The molecule has 1 aliphatic heterocycles. The van der Waals surface area contributed by atoms with Crippen molar-refractivity contribution in [3.63, 3.8) is 0 Å². The molecule has 1 N–H and O–H groups in total. The maximum atomic E-state index is 13.5. The lowest BCUT2D eigenvalue weighted by molar-refractivity contribution is -0.122. The first-order valence-corrected chi connectivity index (χ1v) is 12.1. The molecule has 2 aromatic rings. The molecule has 0 bridgehead atoms. The maximum absolute atomic E-state index is 13.5. The zero-order valence-corrected chi connectivity index (χ0v) is 19.1. The number of nitrogens with zero attached hydrogens (tertiary/aromatic N) is 1. The quantitative estimate of drug-likeness (QED) is 0.596. The van der Waals surface area contributed by atoms with E-state index < -0.39 is 5.41 Å². The first-order chi connectivity index (χ1) is 15.5. The van der Waals surface area contributed by atoms with E-state index in [2.05, 4.69) is 17.1 Å². The Morgan fingerprint density at radius 2 is 1.78 bits per heavy atom. The third-order valence-corrected chi connectivity index (χ3v) is 7.07. The van der Waals surface area contributed by atoms with Gasteiger partial charge in [-0.15, -0.1) is 0 Å². The molecule has 0 spiro atoms. The second-order valence-electron chi connectivity index (χ2n) is 9.52. The summed E-state index contributed by atoms with van der Waals surface area (Å²) in [7, 11) is 0. The van der Waals surface area contributed by atoms with E-state index in [4.69, 9.17) is 4.74 Å². The van der Waals surface area contributed by atoms with Crippen molar-refractivity contribution in [1.29, 1.82) is 0 Å². The number of carbonyl (C=O) groups is 1. The van der Waals surface area contributed by atoms with Crippen molar-refractivity contribution in [2.24, 2.45) is 5.92 Å². The molecule has 4 nitrogen and oxygen atoms in total. The van der Waals surface area contributed by atoms with Gasteiger partial charge in [-0.1, -0.05) is 38.3 Å². The van der Waals surface area contributed by atoms with Crippen LogP contribution in [0.25, 0.3) is 0 Å². The van der Waals surface area contributed by atoms with E-state index in [0.29, 0.717) is 6.61 Å². The van der Waals surface area contributed by atoms with Crippen LogP contribution < -0.4 is 10.1 Å². The van der Waals surface area contributed by atoms with Crippen LogP contribution in [0.1, 0.15) is 57.4 Å². The Kier molecular flexibility index (Phi) is 7.46. The van der Waals surface area contributed by atoms with Gasteiger partial charge >= 0.3 is 0 Å². The number of likely N-dealkylation sites (tertiary alicyclic amines) is 1. The molecule has 1 aliphatic carbocycles. The molecule has 2 aliphatic rings. The fraction of sp³-hybridized carbons (Fsp3) is 0.519. The summed E-state index contributed by atoms with van der Waals surface area (Å²) in [6.07, 6.45) is 7.34. The number of piperidine rings is 1. The second kappa shape index (κ2) is 10.5. The molecule has 32 heavy (non-hydrogen) atoms. The van der Waals surface area contributed by atoms with E-state index in [-0.39, 0.29) is 11.7 Å². The largest absolute Gasteiger partial charge is 0.492 e. The van der Waals surface area contributed by atoms with E-state index >= 15 is 0 Å². The Balaban J connectivity index is 1.35. The monoisotopic (exact) mass is 438 g/mol. The highest BCUT2D eigenvalue weighted by atomic mass is 19.1. The Hall–Kier alpha value is -2.40. The van der Waals surface area contributed by atoms with Gasteiger partial charge in [0.05, 0.1) is 5.41 Å². The van der Waals surface area contributed by atoms with Crippen molar-refractivity contribution in [2.45, 2.75) is 57.3 Å². The molecular weight excluding hydrogens is 403 g/mol. The standard InChI is InChI=1S/C27H35FN2O2/c1-21-6-5-17-30(20-21)18-19-32-25-13-11-24(12-14-25)29-26(31)27(15-3-2-4-16-27)22-7-9-23(28)10-8-22/h7-14,21H,2-6,15-20H2,1H3,(H,29,31). The molecule has 1 saturated heterocycles. The lowest BCUT2D eigenvalue weighted by Gasteiger charge is -2.36. The summed E-state index contributed by atoms with van der Waals surface area (Å²) in [5.74, 6) is 1.31. The van der Waals surface area contributed by atoms with E-state index in [0.717, 1.165) is 74.7 Å². The Morgan fingerprint density at radius 1 is 1.06 bits per heavy atom. The van der Waals surface area contributed by atoms with Gasteiger partial charge in [0.25, 0.3) is 0 Å². The van der Waals surface area contributed by atoms with E-state index in [1.807, 2.05) is 24.3 Å². The van der Waals surface area contributed by atoms with Crippen molar-refractivity contribution in [2.75, 3.05) is 31.6 Å². The van der Waals surface area contributed by atoms with Crippen LogP contribution in [0.2, 0.25) is 0 Å². The molecular formula is C27H35FN2O2. The second-order valence-corrected chi connectivity index (χ2v) is 9.52. The molecule has 1 saturated carbocycles. The number of anilines is 1. The number of halogens is 1. The van der Waals surface area contributed by atoms with E-state index in [1.54, 1.807) is 12.1 Å². The summed E-state index contributed by atoms with van der Waals surface area (Å²) >= 11 is 0. The number of benzene rings is 2. The molecule has 5 heteroatoms. The fourth-order valence-electron chi connectivity index (χ4n) is 5.24. The third kappa shape index (κ3) is 5.50. The van der Waals surface area contributed by atoms with Gasteiger partial charge in [0, 0.05) is 18.8 Å². The van der Waals surface area contributed by atoms with Crippen LogP contribution in [-0.4, -0.2) is 37.0 Å². The highest BCUT2D eigenvalue weighted by Crippen LogP contribution is 2.40. The van der Waals surface area contributed by atoms with Gasteiger partial charge in [-0.25, -0.2) is 4.39 Å². The summed E-state index contributed by atoms with van der Waals surface area (Å²) in [6.45, 7) is 6.25. The molecule has 1 heterocycles.